The largest absolute Gasteiger partial charge is 0.358 e. The monoisotopic (exact) mass is 239 g/mol. The highest BCUT2D eigenvalue weighted by Gasteiger charge is 2.19. The fourth-order valence-corrected chi connectivity index (χ4v) is 2.05. The number of H-pyrrole nitrogens is 1. The number of piperazine rings is 1. The van der Waals surface area contributed by atoms with Crippen LogP contribution < -0.4 is 5.32 Å². The molecule has 1 saturated heterocycles. The van der Waals surface area contributed by atoms with E-state index in [1.54, 1.807) is 6.92 Å². The van der Waals surface area contributed by atoms with Crippen molar-refractivity contribution in [2.75, 3.05) is 32.7 Å². The third-order valence-electron chi connectivity index (χ3n) is 2.93. The molecule has 1 fully saturated rings. The number of aryl methyl sites for hydroxylation is 1. The Labute approximate surface area is 99.4 Å². The van der Waals surface area contributed by atoms with Crippen LogP contribution in [-0.2, 0) is 6.42 Å². The van der Waals surface area contributed by atoms with E-state index >= 15 is 0 Å². The van der Waals surface area contributed by atoms with Crippen LogP contribution in [-0.4, -0.2) is 52.5 Å². The highest BCUT2D eigenvalue weighted by atomic mass is 16.6. The predicted octanol–water partition coefficient (Wildman–Crippen LogP) is 0.0740. The molecule has 2 heterocycles. The van der Waals surface area contributed by atoms with Crippen molar-refractivity contribution >= 4 is 5.82 Å². The fourth-order valence-electron chi connectivity index (χ4n) is 2.05. The van der Waals surface area contributed by atoms with E-state index in [2.05, 4.69) is 20.2 Å². The van der Waals surface area contributed by atoms with Gasteiger partial charge in [0.15, 0.2) is 5.82 Å². The van der Waals surface area contributed by atoms with Gasteiger partial charge in [-0.05, 0) is 4.92 Å². The van der Waals surface area contributed by atoms with Gasteiger partial charge >= 0.3 is 5.82 Å². The van der Waals surface area contributed by atoms with Gasteiger partial charge in [-0.15, -0.1) is 0 Å². The average Bonchev–Trinajstić information content (AvgIpc) is 2.69. The molecule has 0 bridgehead atoms. The first-order chi connectivity index (χ1) is 8.16. The molecule has 2 rings (SSSR count). The number of nitrogens with zero attached hydrogens (tertiary/aromatic N) is 3. The van der Waals surface area contributed by atoms with Crippen LogP contribution in [0.5, 0.6) is 0 Å². The van der Waals surface area contributed by atoms with Crippen LogP contribution in [0.25, 0.3) is 0 Å². The molecule has 0 radical (unpaired) electrons. The molecule has 1 aromatic heterocycles. The number of rotatable bonds is 4. The molecule has 0 saturated carbocycles. The van der Waals surface area contributed by atoms with Gasteiger partial charge in [0.1, 0.15) is 5.69 Å². The number of nitrogens with one attached hydrogen (secondary N) is 2. The molecule has 94 valence electrons. The van der Waals surface area contributed by atoms with Gasteiger partial charge in [0.05, 0.1) is 0 Å². The summed E-state index contributed by atoms with van der Waals surface area (Å²) < 4.78 is 0. The maximum Gasteiger partial charge on any atom is 0.343 e. The van der Waals surface area contributed by atoms with E-state index in [0.29, 0.717) is 17.9 Å². The Kier molecular flexibility index (Phi) is 3.70. The molecule has 2 N–H and O–H groups in total. The Balaban J connectivity index is 1.95. The molecule has 0 aromatic carbocycles. The van der Waals surface area contributed by atoms with E-state index in [1.165, 1.54) is 0 Å². The summed E-state index contributed by atoms with van der Waals surface area (Å²) in [6, 6.07) is 0. The molecule has 1 aromatic rings. The van der Waals surface area contributed by atoms with Gasteiger partial charge in [-0.2, -0.15) is 0 Å². The number of aromatic amines is 1. The van der Waals surface area contributed by atoms with Crippen LogP contribution in [0.3, 0.4) is 0 Å². The van der Waals surface area contributed by atoms with E-state index in [-0.39, 0.29) is 5.82 Å². The van der Waals surface area contributed by atoms with Crippen molar-refractivity contribution < 1.29 is 4.92 Å². The van der Waals surface area contributed by atoms with E-state index in [9.17, 15) is 10.1 Å². The van der Waals surface area contributed by atoms with Crippen LogP contribution in [0.4, 0.5) is 5.82 Å². The first-order valence-corrected chi connectivity index (χ1v) is 5.80. The lowest BCUT2D eigenvalue weighted by molar-refractivity contribution is -0.390. The summed E-state index contributed by atoms with van der Waals surface area (Å²) in [6.07, 6.45) is 0.626. The molecular weight excluding hydrogens is 222 g/mol. The molecule has 0 atom stereocenters. The number of nitro groups is 1. The van der Waals surface area contributed by atoms with Gasteiger partial charge in [-0.1, -0.05) is 0 Å². The predicted molar refractivity (Wildman–Crippen MR) is 63.0 cm³/mol. The normalized spacial score (nSPS) is 17.2. The van der Waals surface area contributed by atoms with Crippen molar-refractivity contribution in [3.63, 3.8) is 0 Å². The number of imidazole rings is 1. The van der Waals surface area contributed by atoms with E-state index in [4.69, 9.17) is 0 Å². The SMILES string of the molecule is Cc1nc(CCN2CCNCC2)c([N+](=O)[O-])[nH]1. The van der Waals surface area contributed by atoms with Gasteiger partial charge < -0.3 is 20.3 Å². The zero-order valence-electron chi connectivity index (χ0n) is 9.90. The number of hydrogen-bond donors (Lipinski definition) is 2. The smallest absolute Gasteiger partial charge is 0.343 e. The van der Waals surface area contributed by atoms with Crippen LogP contribution >= 0.6 is 0 Å². The van der Waals surface area contributed by atoms with Gasteiger partial charge in [0.25, 0.3) is 0 Å². The number of aromatic nitrogens is 2. The van der Waals surface area contributed by atoms with Crippen molar-refractivity contribution in [1.29, 1.82) is 0 Å². The maximum atomic E-state index is 10.8. The van der Waals surface area contributed by atoms with Crippen molar-refractivity contribution in [1.82, 2.24) is 20.2 Å². The molecule has 0 unspecified atom stereocenters. The summed E-state index contributed by atoms with van der Waals surface area (Å²) in [4.78, 5) is 19.6. The summed E-state index contributed by atoms with van der Waals surface area (Å²) in [7, 11) is 0. The topological polar surface area (TPSA) is 87.1 Å². The molecule has 1 aliphatic rings. The maximum absolute atomic E-state index is 10.8. The first kappa shape index (κ1) is 12.0. The van der Waals surface area contributed by atoms with Gasteiger partial charge in [0, 0.05) is 46.1 Å². The second kappa shape index (κ2) is 5.24. The van der Waals surface area contributed by atoms with E-state index < -0.39 is 4.92 Å². The molecule has 0 amide bonds. The highest BCUT2D eigenvalue weighted by molar-refractivity contribution is 5.28. The molecule has 7 heteroatoms. The lowest BCUT2D eigenvalue weighted by Crippen LogP contribution is -2.44. The Morgan fingerprint density at radius 2 is 2.18 bits per heavy atom. The highest BCUT2D eigenvalue weighted by Crippen LogP contribution is 2.15. The fraction of sp³-hybridized carbons (Fsp3) is 0.700. The molecule has 17 heavy (non-hydrogen) atoms. The van der Waals surface area contributed by atoms with Crippen molar-refractivity contribution in [2.45, 2.75) is 13.3 Å². The van der Waals surface area contributed by atoms with Crippen molar-refractivity contribution in [3.8, 4) is 0 Å². The first-order valence-electron chi connectivity index (χ1n) is 5.80. The Bertz CT molecular complexity index is 397. The minimum Gasteiger partial charge on any atom is -0.358 e. The molecule has 7 nitrogen and oxygen atoms in total. The average molecular weight is 239 g/mol. The minimum absolute atomic E-state index is 0.0395. The Morgan fingerprint density at radius 3 is 2.82 bits per heavy atom. The summed E-state index contributed by atoms with van der Waals surface area (Å²) >= 11 is 0. The molecule has 0 spiro atoms. The van der Waals surface area contributed by atoms with Gasteiger partial charge in [0.2, 0.25) is 0 Å². The van der Waals surface area contributed by atoms with Crippen LogP contribution in [0.2, 0.25) is 0 Å². The molecule has 0 aliphatic carbocycles. The summed E-state index contributed by atoms with van der Waals surface area (Å²) in [6.45, 7) is 6.53. The van der Waals surface area contributed by atoms with Crippen molar-refractivity contribution in [2.24, 2.45) is 0 Å². The lowest BCUT2D eigenvalue weighted by atomic mass is 10.2. The Hall–Kier alpha value is -1.47. The molecule has 1 aliphatic heterocycles. The third kappa shape index (κ3) is 3.01. The summed E-state index contributed by atoms with van der Waals surface area (Å²) in [5.74, 6) is 0.643. The van der Waals surface area contributed by atoms with Crippen LogP contribution in [0, 0.1) is 17.0 Å². The Morgan fingerprint density at radius 1 is 1.47 bits per heavy atom. The summed E-state index contributed by atoms with van der Waals surface area (Å²) in [5.41, 5.74) is 0.561. The lowest BCUT2D eigenvalue weighted by Gasteiger charge is -2.26. The minimum atomic E-state index is -0.396. The third-order valence-corrected chi connectivity index (χ3v) is 2.93. The van der Waals surface area contributed by atoms with E-state index in [0.717, 1.165) is 32.7 Å². The summed E-state index contributed by atoms with van der Waals surface area (Å²) in [5, 5.41) is 14.1. The molecular formula is C10H17N5O2. The number of hydrogen-bond acceptors (Lipinski definition) is 5. The van der Waals surface area contributed by atoms with E-state index in [1.807, 2.05) is 0 Å². The zero-order chi connectivity index (χ0) is 12.3. The van der Waals surface area contributed by atoms with Gasteiger partial charge in [-0.3, -0.25) is 0 Å². The second-order valence-corrected chi connectivity index (χ2v) is 4.22. The van der Waals surface area contributed by atoms with Crippen LogP contribution in [0.1, 0.15) is 11.5 Å². The second-order valence-electron chi connectivity index (χ2n) is 4.22. The zero-order valence-corrected chi connectivity index (χ0v) is 9.90. The standard InChI is InChI=1S/C10H17N5O2/c1-8-12-9(10(13-8)15(16)17)2-5-14-6-3-11-4-7-14/h11H,2-7H2,1H3,(H,12,13). The van der Waals surface area contributed by atoms with Gasteiger partial charge in [-0.25, -0.2) is 9.97 Å². The van der Waals surface area contributed by atoms with Crippen molar-refractivity contribution in [3.05, 3.63) is 21.6 Å². The quantitative estimate of drug-likeness (QED) is 0.573. The van der Waals surface area contributed by atoms with Crippen LogP contribution in [0.15, 0.2) is 0 Å².